The number of aliphatic hydroxyl groups is 1. The van der Waals surface area contributed by atoms with Crippen molar-refractivity contribution in [2.45, 2.75) is 126 Å². The second kappa shape index (κ2) is 7.94. The van der Waals surface area contributed by atoms with Crippen molar-refractivity contribution < 1.29 is 9.90 Å². The number of hydrogen-bond donors (Lipinski definition) is 1. The van der Waals surface area contributed by atoms with E-state index in [4.69, 9.17) is 0 Å². The lowest BCUT2D eigenvalue weighted by atomic mass is 9.34. The zero-order chi connectivity index (χ0) is 24.6. The van der Waals surface area contributed by atoms with Crippen molar-refractivity contribution in [3.8, 4) is 0 Å². The second-order valence-electron chi connectivity index (χ2n) is 14.7. The maximum atomic E-state index is 14.0. The molecule has 188 valence electrons. The molecule has 4 saturated carbocycles. The van der Waals surface area contributed by atoms with E-state index in [1.807, 2.05) is 6.92 Å². The van der Waals surface area contributed by atoms with Crippen molar-refractivity contribution in [3.63, 3.8) is 0 Å². The van der Waals surface area contributed by atoms with Crippen molar-refractivity contribution in [1.82, 2.24) is 0 Å². The number of allylic oxidation sites excluding steroid dienone is 2. The smallest absolute Gasteiger partial charge is 0.137 e. The first-order chi connectivity index (χ1) is 15.1. The van der Waals surface area contributed by atoms with E-state index in [9.17, 15) is 9.90 Å². The Balaban J connectivity index is 1.67. The summed E-state index contributed by atoms with van der Waals surface area (Å²) in [6, 6.07) is 0. The molecule has 0 radical (unpaired) electrons. The first-order valence-corrected chi connectivity index (χ1v) is 14.0. The summed E-state index contributed by atoms with van der Waals surface area (Å²) in [4.78, 5) is 14.0. The normalized spacial score (nSPS) is 48.3. The number of Topliss-reactive ketones (excluding diaryl/α,β-unsaturated/α-hetero) is 1. The van der Waals surface area contributed by atoms with Gasteiger partial charge < -0.3 is 5.11 Å². The van der Waals surface area contributed by atoms with Gasteiger partial charge in [0.15, 0.2) is 0 Å². The quantitative estimate of drug-likeness (QED) is 0.435. The van der Waals surface area contributed by atoms with Crippen LogP contribution in [-0.4, -0.2) is 16.5 Å². The highest BCUT2D eigenvalue weighted by molar-refractivity contribution is 5.84. The summed E-state index contributed by atoms with van der Waals surface area (Å²) in [6.45, 7) is 21.3. The monoisotopic (exact) mass is 456 g/mol. The maximum absolute atomic E-state index is 14.0. The minimum Gasteiger partial charge on any atom is -0.390 e. The minimum atomic E-state index is -0.767. The maximum Gasteiger partial charge on any atom is 0.137 e. The zero-order valence-electron chi connectivity index (χ0n) is 23.2. The first kappa shape index (κ1) is 25.5. The standard InChI is InChI=1S/C31H52O2/c1-20(2)11-10-15-31(9,33)22-13-17-30(8)26(22)23(32)19-25-28(6)16-12-21(3)27(4,5)24(28)14-18-29(25,30)7/h11,21-22,24-26,33H,10,12-19H2,1-9H3/t21-,22?,24?,25?,26?,28-,29+,30+,31-/m0/s1. The molecular formula is C31H52O2. The summed E-state index contributed by atoms with van der Waals surface area (Å²) in [5.74, 6) is 2.56. The third-order valence-corrected chi connectivity index (χ3v) is 12.7. The topological polar surface area (TPSA) is 37.3 Å². The van der Waals surface area contributed by atoms with Gasteiger partial charge in [-0.05, 0) is 117 Å². The summed E-state index contributed by atoms with van der Waals surface area (Å²) in [7, 11) is 0. The van der Waals surface area contributed by atoms with Crippen molar-refractivity contribution in [2.75, 3.05) is 0 Å². The van der Waals surface area contributed by atoms with Gasteiger partial charge in [-0.3, -0.25) is 4.79 Å². The van der Waals surface area contributed by atoms with Gasteiger partial charge in [-0.2, -0.15) is 0 Å². The predicted molar refractivity (Wildman–Crippen MR) is 138 cm³/mol. The molecule has 1 N–H and O–H groups in total. The first-order valence-electron chi connectivity index (χ1n) is 14.0. The van der Waals surface area contributed by atoms with Crippen LogP contribution in [0.4, 0.5) is 0 Å². The highest BCUT2D eigenvalue weighted by atomic mass is 16.3. The Kier molecular flexibility index (Phi) is 6.13. The highest BCUT2D eigenvalue weighted by Gasteiger charge is 2.71. The van der Waals surface area contributed by atoms with Gasteiger partial charge in [0, 0.05) is 12.3 Å². The molecule has 2 heteroatoms. The number of carbonyl (C=O) groups excluding carboxylic acids is 1. The van der Waals surface area contributed by atoms with Crippen LogP contribution in [0.2, 0.25) is 0 Å². The Hall–Kier alpha value is -0.630. The summed E-state index contributed by atoms with van der Waals surface area (Å²) in [6.07, 6.45) is 11.9. The van der Waals surface area contributed by atoms with E-state index in [-0.39, 0.29) is 28.1 Å². The molecule has 0 aromatic heterocycles. The Morgan fingerprint density at radius 1 is 1.00 bits per heavy atom. The van der Waals surface area contributed by atoms with Crippen molar-refractivity contribution in [3.05, 3.63) is 11.6 Å². The van der Waals surface area contributed by atoms with Gasteiger partial charge in [0.2, 0.25) is 0 Å². The molecule has 0 heterocycles. The summed E-state index contributed by atoms with van der Waals surface area (Å²) in [5.41, 5.74) is 1.35. The van der Waals surface area contributed by atoms with Crippen molar-refractivity contribution in [1.29, 1.82) is 0 Å². The number of hydrogen-bond acceptors (Lipinski definition) is 2. The molecule has 9 atom stereocenters. The second-order valence-corrected chi connectivity index (χ2v) is 14.7. The third-order valence-electron chi connectivity index (χ3n) is 12.7. The number of ketones is 1. The molecule has 4 rings (SSSR count). The Bertz CT molecular complexity index is 817. The van der Waals surface area contributed by atoms with E-state index in [2.05, 4.69) is 61.5 Å². The van der Waals surface area contributed by atoms with Crippen LogP contribution >= 0.6 is 0 Å². The molecule has 0 amide bonds. The number of fused-ring (bicyclic) bond motifs is 5. The van der Waals surface area contributed by atoms with Crippen LogP contribution in [0, 0.1) is 51.2 Å². The molecule has 4 unspecified atom stereocenters. The Morgan fingerprint density at radius 3 is 2.27 bits per heavy atom. The summed E-state index contributed by atoms with van der Waals surface area (Å²) < 4.78 is 0. The van der Waals surface area contributed by atoms with Crippen molar-refractivity contribution >= 4 is 5.78 Å². The van der Waals surface area contributed by atoms with Crippen LogP contribution in [0.5, 0.6) is 0 Å². The molecule has 0 saturated heterocycles. The molecular weight excluding hydrogens is 404 g/mol. The van der Waals surface area contributed by atoms with Gasteiger partial charge in [-0.1, -0.05) is 53.2 Å². The summed E-state index contributed by atoms with van der Waals surface area (Å²) in [5, 5.41) is 11.6. The third kappa shape index (κ3) is 3.54. The van der Waals surface area contributed by atoms with E-state index in [1.54, 1.807) is 0 Å². The van der Waals surface area contributed by atoms with E-state index in [1.165, 1.54) is 31.3 Å². The van der Waals surface area contributed by atoms with E-state index >= 15 is 0 Å². The number of carbonyl (C=O) groups is 1. The van der Waals surface area contributed by atoms with Gasteiger partial charge in [0.25, 0.3) is 0 Å². The van der Waals surface area contributed by atoms with Gasteiger partial charge >= 0.3 is 0 Å². The summed E-state index contributed by atoms with van der Waals surface area (Å²) >= 11 is 0. The average Bonchev–Trinajstić information content (AvgIpc) is 3.08. The predicted octanol–water partition coefficient (Wildman–Crippen LogP) is 7.98. The average molecular weight is 457 g/mol. The van der Waals surface area contributed by atoms with Crippen molar-refractivity contribution in [2.24, 2.45) is 51.2 Å². The van der Waals surface area contributed by atoms with Gasteiger partial charge in [0.05, 0.1) is 5.60 Å². The number of rotatable bonds is 4. The van der Waals surface area contributed by atoms with Gasteiger partial charge in [-0.15, -0.1) is 0 Å². The molecule has 0 aromatic carbocycles. The SMILES string of the molecule is CC(C)=CCC[C@](C)(O)C1CC[C@]2(C)C1C(=O)CC1[C@@]3(C)CC[C@H](C)C(C)(C)C3CC[C@]12C. The molecule has 4 aliphatic rings. The van der Waals surface area contributed by atoms with Gasteiger partial charge in [-0.25, -0.2) is 0 Å². The molecule has 0 aliphatic heterocycles. The molecule has 2 nitrogen and oxygen atoms in total. The fourth-order valence-electron chi connectivity index (χ4n) is 10.2. The largest absolute Gasteiger partial charge is 0.390 e. The van der Waals surface area contributed by atoms with Crippen LogP contribution in [0.1, 0.15) is 120 Å². The fourth-order valence-corrected chi connectivity index (χ4v) is 10.2. The van der Waals surface area contributed by atoms with Gasteiger partial charge in [0.1, 0.15) is 5.78 Å². The minimum absolute atomic E-state index is 0.0132. The molecule has 33 heavy (non-hydrogen) atoms. The highest BCUT2D eigenvalue weighted by Crippen LogP contribution is 2.75. The van der Waals surface area contributed by atoms with E-state index < -0.39 is 5.60 Å². The molecule has 0 bridgehead atoms. The Morgan fingerprint density at radius 2 is 1.64 bits per heavy atom. The lowest BCUT2D eigenvalue weighted by molar-refractivity contribution is -0.213. The van der Waals surface area contributed by atoms with Crippen LogP contribution in [0.15, 0.2) is 11.6 Å². The van der Waals surface area contributed by atoms with E-state index in [0.717, 1.165) is 38.0 Å². The molecule has 4 aliphatic carbocycles. The molecule has 4 fully saturated rings. The lowest BCUT2D eigenvalue weighted by Gasteiger charge is -2.69. The molecule has 0 aromatic rings. The molecule has 0 spiro atoms. The van der Waals surface area contributed by atoms with E-state index in [0.29, 0.717) is 23.0 Å². The van der Waals surface area contributed by atoms with Crippen LogP contribution in [0.3, 0.4) is 0 Å². The Labute approximate surface area is 204 Å². The zero-order valence-corrected chi connectivity index (χ0v) is 23.2. The fraction of sp³-hybridized carbons (Fsp3) is 0.903. The van der Waals surface area contributed by atoms with Crippen LogP contribution < -0.4 is 0 Å². The lowest BCUT2D eigenvalue weighted by Crippen LogP contribution is -2.65. The van der Waals surface area contributed by atoms with Crippen LogP contribution in [0.25, 0.3) is 0 Å². The van der Waals surface area contributed by atoms with Crippen LogP contribution in [-0.2, 0) is 4.79 Å².